The highest BCUT2D eigenvalue weighted by Crippen LogP contribution is 2.29. The van der Waals surface area contributed by atoms with Gasteiger partial charge in [-0.2, -0.15) is 13.2 Å². The van der Waals surface area contributed by atoms with Gasteiger partial charge in [0.2, 0.25) is 0 Å². The molecule has 0 aliphatic heterocycles. The van der Waals surface area contributed by atoms with Crippen molar-refractivity contribution >= 4 is 5.78 Å². The van der Waals surface area contributed by atoms with E-state index in [1.54, 1.807) is 13.0 Å². The maximum absolute atomic E-state index is 12.3. The van der Waals surface area contributed by atoms with Crippen molar-refractivity contribution in [3.05, 3.63) is 48.0 Å². The van der Waals surface area contributed by atoms with Crippen LogP contribution in [0.4, 0.5) is 13.2 Å². The fourth-order valence-corrected chi connectivity index (χ4v) is 1.61. The Morgan fingerprint density at radius 1 is 1.33 bits per heavy atom. The second kappa shape index (κ2) is 5.85. The second-order valence-electron chi connectivity index (χ2n) is 4.21. The summed E-state index contributed by atoms with van der Waals surface area (Å²) in [7, 11) is 0. The number of carbonyl (C=O) groups is 1. The molecule has 1 aromatic carbocycles. The predicted octanol–water partition coefficient (Wildman–Crippen LogP) is 4.49. The standard InChI is InChI=1S/C14H15F3O/c1-3-4-5-10(2)13(18)11-6-8-12(9-7-11)14(15,16)17/h3,6-10H,1,4-5H2,2H3. The summed E-state index contributed by atoms with van der Waals surface area (Å²) in [6, 6.07) is 4.34. The molecule has 1 nitrogen and oxygen atoms in total. The van der Waals surface area contributed by atoms with Gasteiger partial charge >= 0.3 is 6.18 Å². The van der Waals surface area contributed by atoms with E-state index in [1.165, 1.54) is 12.1 Å². The zero-order chi connectivity index (χ0) is 13.8. The molecule has 18 heavy (non-hydrogen) atoms. The van der Waals surface area contributed by atoms with Crippen LogP contribution in [0.2, 0.25) is 0 Å². The third-order valence-electron chi connectivity index (χ3n) is 2.75. The highest BCUT2D eigenvalue weighted by atomic mass is 19.4. The minimum absolute atomic E-state index is 0.134. The van der Waals surface area contributed by atoms with Gasteiger partial charge < -0.3 is 0 Å². The molecule has 0 saturated heterocycles. The van der Waals surface area contributed by atoms with Gasteiger partial charge in [0.05, 0.1) is 5.56 Å². The number of benzene rings is 1. The molecule has 0 saturated carbocycles. The summed E-state index contributed by atoms with van der Waals surface area (Å²) in [4.78, 5) is 11.9. The Kier molecular flexibility index (Phi) is 4.70. The van der Waals surface area contributed by atoms with Crippen LogP contribution >= 0.6 is 0 Å². The lowest BCUT2D eigenvalue weighted by molar-refractivity contribution is -0.137. The Morgan fingerprint density at radius 2 is 1.89 bits per heavy atom. The molecule has 0 aliphatic carbocycles. The van der Waals surface area contributed by atoms with Crippen LogP contribution in [0.5, 0.6) is 0 Å². The summed E-state index contributed by atoms with van der Waals surface area (Å²) >= 11 is 0. The number of carbonyl (C=O) groups excluding carboxylic acids is 1. The van der Waals surface area contributed by atoms with Gasteiger partial charge in [-0.15, -0.1) is 6.58 Å². The number of hydrogen-bond donors (Lipinski definition) is 0. The normalized spacial score (nSPS) is 13.1. The SMILES string of the molecule is C=CCCC(C)C(=O)c1ccc(C(F)(F)F)cc1. The van der Waals surface area contributed by atoms with Gasteiger partial charge in [0, 0.05) is 11.5 Å². The lowest BCUT2D eigenvalue weighted by atomic mass is 9.94. The van der Waals surface area contributed by atoms with Crippen molar-refractivity contribution in [3.63, 3.8) is 0 Å². The number of halogens is 3. The summed E-state index contributed by atoms with van der Waals surface area (Å²) in [5, 5.41) is 0. The van der Waals surface area contributed by atoms with E-state index < -0.39 is 11.7 Å². The number of Topliss-reactive ketones (excluding diaryl/α,β-unsaturated/α-hetero) is 1. The van der Waals surface area contributed by atoms with E-state index in [-0.39, 0.29) is 11.7 Å². The lowest BCUT2D eigenvalue weighted by Crippen LogP contribution is -2.12. The van der Waals surface area contributed by atoms with Crippen LogP contribution in [0.1, 0.15) is 35.7 Å². The van der Waals surface area contributed by atoms with E-state index in [9.17, 15) is 18.0 Å². The summed E-state index contributed by atoms with van der Waals surface area (Å²) < 4.78 is 37.0. The van der Waals surface area contributed by atoms with Gasteiger partial charge in [-0.1, -0.05) is 25.1 Å². The minimum atomic E-state index is -4.37. The zero-order valence-electron chi connectivity index (χ0n) is 10.1. The molecular weight excluding hydrogens is 241 g/mol. The van der Waals surface area contributed by atoms with Gasteiger partial charge in [-0.05, 0) is 25.0 Å². The summed E-state index contributed by atoms with van der Waals surface area (Å²) in [5.41, 5.74) is -0.419. The Labute approximate surface area is 104 Å². The van der Waals surface area contributed by atoms with Gasteiger partial charge in [0.15, 0.2) is 5.78 Å². The Hall–Kier alpha value is -1.58. The number of alkyl halides is 3. The van der Waals surface area contributed by atoms with Crippen LogP contribution in [0.3, 0.4) is 0 Å². The van der Waals surface area contributed by atoms with Crippen molar-refractivity contribution in [1.82, 2.24) is 0 Å². The molecule has 0 N–H and O–H groups in total. The predicted molar refractivity (Wildman–Crippen MR) is 64.4 cm³/mol. The van der Waals surface area contributed by atoms with Crippen molar-refractivity contribution in [2.45, 2.75) is 25.9 Å². The average molecular weight is 256 g/mol. The van der Waals surface area contributed by atoms with E-state index in [1.807, 2.05) is 0 Å². The van der Waals surface area contributed by atoms with E-state index >= 15 is 0 Å². The monoisotopic (exact) mass is 256 g/mol. The molecule has 0 radical (unpaired) electrons. The van der Waals surface area contributed by atoms with E-state index in [2.05, 4.69) is 6.58 Å². The Balaban J connectivity index is 2.79. The number of ketones is 1. The van der Waals surface area contributed by atoms with E-state index in [0.717, 1.165) is 12.1 Å². The molecule has 1 rings (SSSR count). The number of allylic oxidation sites excluding steroid dienone is 1. The van der Waals surface area contributed by atoms with Crippen molar-refractivity contribution in [2.75, 3.05) is 0 Å². The Morgan fingerprint density at radius 3 is 2.33 bits per heavy atom. The van der Waals surface area contributed by atoms with Crippen molar-refractivity contribution in [2.24, 2.45) is 5.92 Å². The Bertz CT molecular complexity index is 418. The number of hydrogen-bond acceptors (Lipinski definition) is 1. The molecule has 4 heteroatoms. The topological polar surface area (TPSA) is 17.1 Å². The second-order valence-corrected chi connectivity index (χ2v) is 4.21. The van der Waals surface area contributed by atoms with Gasteiger partial charge in [-0.3, -0.25) is 4.79 Å². The van der Waals surface area contributed by atoms with E-state index in [4.69, 9.17) is 0 Å². The van der Waals surface area contributed by atoms with Crippen LogP contribution in [-0.4, -0.2) is 5.78 Å². The first-order chi connectivity index (χ1) is 8.36. The van der Waals surface area contributed by atoms with Crippen molar-refractivity contribution in [3.8, 4) is 0 Å². The molecule has 0 amide bonds. The first-order valence-electron chi connectivity index (χ1n) is 5.68. The van der Waals surface area contributed by atoms with E-state index in [0.29, 0.717) is 18.4 Å². The highest BCUT2D eigenvalue weighted by molar-refractivity contribution is 5.97. The molecule has 0 fully saturated rings. The van der Waals surface area contributed by atoms with Crippen molar-refractivity contribution in [1.29, 1.82) is 0 Å². The first-order valence-corrected chi connectivity index (χ1v) is 5.68. The molecule has 0 aliphatic rings. The summed E-state index contributed by atoms with van der Waals surface area (Å²) in [5.74, 6) is -0.342. The van der Waals surface area contributed by atoms with Gasteiger partial charge in [-0.25, -0.2) is 0 Å². The van der Waals surface area contributed by atoms with Crippen LogP contribution in [-0.2, 0) is 6.18 Å². The smallest absolute Gasteiger partial charge is 0.294 e. The lowest BCUT2D eigenvalue weighted by Gasteiger charge is -2.10. The van der Waals surface area contributed by atoms with Crippen molar-refractivity contribution < 1.29 is 18.0 Å². The first kappa shape index (κ1) is 14.5. The fourth-order valence-electron chi connectivity index (χ4n) is 1.61. The molecule has 1 aromatic rings. The quantitative estimate of drug-likeness (QED) is 0.560. The maximum atomic E-state index is 12.3. The van der Waals surface area contributed by atoms with Crippen LogP contribution in [0.15, 0.2) is 36.9 Å². The molecular formula is C14H15F3O. The highest BCUT2D eigenvalue weighted by Gasteiger charge is 2.30. The average Bonchev–Trinajstić information content (AvgIpc) is 2.34. The van der Waals surface area contributed by atoms with Crippen LogP contribution in [0, 0.1) is 5.92 Å². The van der Waals surface area contributed by atoms with Crippen LogP contribution in [0.25, 0.3) is 0 Å². The molecule has 0 spiro atoms. The molecule has 0 bridgehead atoms. The molecule has 98 valence electrons. The summed E-state index contributed by atoms with van der Waals surface area (Å²) in [6.45, 7) is 5.33. The zero-order valence-corrected chi connectivity index (χ0v) is 10.1. The van der Waals surface area contributed by atoms with Gasteiger partial charge in [0.25, 0.3) is 0 Å². The van der Waals surface area contributed by atoms with Crippen LogP contribution < -0.4 is 0 Å². The molecule has 1 atom stereocenters. The number of rotatable bonds is 5. The maximum Gasteiger partial charge on any atom is 0.416 e. The third kappa shape index (κ3) is 3.72. The largest absolute Gasteiger partial charge is 0.416 e. The molecule has 0 heterocycles. The summed E-state index contributed by atoms with van der Waals surface area (Å²) in [6.07, 6.45) is -1.27. The molecule has 1 unspecified atom stereocenters. The van der Waals surface area contributed by atoms with Gasteiger partial charge in [0.1, 0.15) is 0 Å². The molecule has 0 aromatic heterocycles. The fraction of sp³-hybridized carbons (Fsp3) is 0.357. The third-order valence-corrected chi connectivity index (χ3v) is 2.75. The minimum Gasteiger partial charge on any atom is -0.294 e.